The number of nitrogens with zero attached hydrogens (tertiary/aromatic N) is 1. The molecule has 0 aliphatic carbocycles. The Morgan fingerprint density at radius 3 is 2.78 bits per heavy atom. The van der Waals surface area contributed by atoms with Gasteiger partial charge in [0.25, 0.3) is 5.91 Å². The molecule has 0 saturated carbocycles. The summed E-state index contributed by atoms with van der Waals surface area (Å²) in [4.78, 5) is 14.1. The zero-order valence-corrected chi connectivity index (χ0v) is 11.6. The van der Waals surface area contributed by atoms with Gasteiger partial charge in [-0.25, -0.2) is 8.78 Å². The summed E-state index contributed by atoms with van der Waals surface area (Å²) in [5.41, 5.74) is -0.0587. The molecule has 1 amide bonds. The van der Waals surface area contributed by atoms with Crippen molar-refractivity contribution in [2.24, 2.45) is 5.92 Å². The molecule has 0 bridgehead atoms. The molecule has 0 aromatic heterocycles. The molecule has 1 fully saturated rings. The van der Waals surface area contributed by atoms with E-state index in [0.29, 0.717) is 23.8 Å². The molecule has 1 heterocycles. The molecule has 1 aliphatic heterocycles. The van der Waals surface area contributed by atoms with E-state index in [1.54, 1.807) is 4.90 Å². The fraction of sp³-hybridized carbons (Fsp3) is 0.462. The first-order valence-electron chi connectivity index (χ1n) is 5.87. The Labute approximate surface area is 113 Å². The van der Waals surface area contributed by atoms with Gasteiger partial charge in [-0.15, -0.1) is 0 Å². The fourth-order valence-electron chi connectivity index (χ4n) is 2.13. The van der Waals surface area contributed by atoms with Crippen LogP contribution in [-0.2, 0) is 0 Å². The number of likely N-dealkylation sites (tertiary alicyclic amines) is 1. The van der Waals surface area contributed by atoms with Gasteiger partial charge in [0.15, 0.2) is 0 Å². The van der Waals surface area contributed by atoms with Crippen LogP contribution in [0.1, 0.15) is 23.7 Å². The summed E-state index contributed by atoms with van der Waals surface area (Å²) in [5, 5.41) is 0. The molecule has 2 atom stereocenters. The van der Waals surface area contributed by atoms with Gasteiger partial charge in [-0.05, 0) is 24.5 Å². The summed E-state index contributed by atoms with van der Waals surface area (Å²) in [6, 6.07) is 3.06. The maximum Gasteiger partial charge on any atom is 0.256 e. The average molecular weight is 318 g/mol. The summed E-state index contributed by atoms with van der Waals surface area (Å²) >= 11 is 3.55. The third kappa shape index (κ3) is 2.71. The molecule has 0 radical (unpaired) electrons. The number of alkyl halides is 1. The number of benzene rings is 1. The minimum atomic E-state index is -0.798. The molecule has 1 aliphatic rings. The van der Waals surface area contributed by atoms with Crippen molar-refractivity contribution in [2.45, 2.75) is 18.2 Å². The quantitative estimate of drug-likeness (QED) is 0.728. The van der Waals surface area contributed by atoms with E-state index in [-0.39, 0.29) is 11.5 Å². The standard InChI is InChI=1S/C13H14BrF2NO/c1-8-7-17(5-4-11(8)14)13(18)10-3-2-9(15)6-12(10)16/h2-3,6,8,11H,4-5,7H2,1H3. The van der Waals surface area contributed by atoms with Crippen molar-refractivity contribution in [2.75, 3.05) is 13.1 Å². The van der Waals surface area contributed by atoms with Gasteiger partial charge in [0.1, 0.15) is 11.6 Å². The third-order valence-electron chi connectivity index (χ3n) is 3.25. The zero-order valence-electron chi connectivity index (χ0n) is 10.00. The lowest BCUT2D eigenvalue weighted by Crippen LogP contribution is -2.43. The maximum atomic E-state index is 13.5. The van der Waals surface area contributed by atoms with Gasteiger partial charge in [0.05, 0.1) is 5.56 Å². The maximum absolute atomic E-state index is 13.5. The minimum Gasteiger partial charge on any atom is -0.338 e. The number of carbonyl (C=O) groups excluding carboxylic acids is 1. The van der Waals surface area contributed by atoms with Crippen molar-refractivity contribution in [1.82, 2.24) is 4.90 Å². The zero-order chi connectivity index (χ0) is 13.3. The molecule has 1 aromatic carbocycles. The largest absolute Gasteiger partial charge is 0.338 e. The number of piperidine rings is 1. The van der Waals surface area contributed by atoms with Gasteiger partial charge < -0.3 is 4.90 Å². The topological polar surface area (TPSA) is 20.3 Å². The molecule has 5 heteroatoms. The predicted octanol–water partition coefficient (Wildman–Crippen LogP) is 3.21. The highest BCUT2D eigenvalue weighted by atomic mass is 79.9. The van der Waals surface area contributed by atoms with E-state index in [1.165, 1.54) is 6.07 Å². The van der Waals surface area contributed by atoms with Crippen molar-refractivity contribution >= 4 is 21.8 Å². The number of halogens is 3. The van der Waals surface area contributed by atoms with Crippen LogP contribution in [0.15, 0.2) is 18.2 Å². The van der Waals surface area contributed by atoms with Crippen LogP contribution in [0.2, 0.25) is 0 Å². The van der Waals surface area contributed by atoms with E-state index in [4.69, 9.17) is 0 Å². The van der Waals surface area contributed by atoms with Crippen molar-refractivity contribution in [1.29, 1.82) is 0 Å². The smallest absolute Gasteiger partial charge is 0.256 e. The second-order valence-electron chi connectivity index (χ2n) is 4.66. The highest BCUT2D eigenvalue weighted by Crippen LogP contribution is 2.25. The first-order chi connectivity index (χ1) is 8.49. The highest BCUT2D eigenvalue weighted by molar-refractivity contribution is 9.09. The number of carbonyl (C=O) groups is 1. The lowest BCUT2D eigenvalue weighted by Gasteiger charge is -2.34. The Balaban J connectivity index is 2.16. The number of hydrogen-bond acceptors (Lipinski definition) is 1. The Morgan fingerprint density at radius 1 is 1.44 bits per heavy atom. The Bertz CT molecular complexity index is 466. The summed E-state index contributed by atoms with van der Waals surface area (Å²) < 4.78 is 26.3. The van der Waals surface area contributed by atoms with Gasteiger partial charge in [-0.2, -0.15) is 0 Å². The van der Waals surface area contributed by atoms with Crippen molar-refractivity contribution in [3.05, 3.63) is 35.4 Å². The molecule has 0 spiro atoms. The van der Waals surface area contributed by atoms with Gasteiger partial charge in [-0.3, -0.25) is 4.79 Å². The summed E-state index contributed by atoms with van der Waals surface area (Å²) in [6.45, 7) is 3.22. The van der Waals surface area contributed by atoms with Gasteiger partial charge in [-0.1, -0.05) is 22.9 Å². The molecule has 1 saturated heterocycles. The molecule has 2 unspecified atom stereocenters. The van der Waals surface area contributed by atoms with Gasteiger partial charge in [0.2, 0.25) is 0 Å². The first-order valence-corrected chi connectivity index (χ1v) is 6.79. The van der Waals surface area contributed by atoms with E-state index in [1.807, 2.05) is 6.92 Å². The van der Waals surface area contributed by atoms with Crippen LogP contribution in [0.25, 0.3) is 0 Å². The normalized spacial score (nSPS) is 24.1. The van der Waals surface area contributed by atoms with Crippen molar-refractivity contribution < 1.29 is 13.6 Å². The average Bonchev–Trinajstić information content (AvgIpc) is 2.32. The molecule has 0 N–H and O–H groups in total. The van der Waals surface area contributed by atoms with E-state index in [0.717, 1.165) is 18.6 Å². The minimum absolute atomic E-state index is 0.0587. The number of amides is 1. The predicted molar refractivity (Wildman–Crippen MR) is 68.8 cm³/mol. The SMILES string of the molecule is CC1CN(C(=O)c2ccc(F)cc2F)CCC1Br. The number of rotatable bonds is 1. The molecule has 98 valence electrons. The Morgan fingerprint density at radius 2 is 2.17 bits per heavy atom. The van der Waals surface area contributed by atoms with Gasteiger partial charge >= 0.3 is 0 Å². The summed E-state index contributed by atoms with van der Waals surface area (Å²) in [6.07, 6.45) is 0.843. The Kier molecular flexibility index (Phi) is 4.00. The second-order valence-corrected chi connectivity index (χ2v) is 5.83. The summed E-state index contributed by atoms with van der Waals surface area (Å²) in [7, 11) is 0. The van der Waals surface area contributed by atoms with Crippen LogP contribution in [0, 0.1) is 17.6 Å². The molecule has 1 aromatic rings. The molecule has 2 nitrogen and oxygen atoms in total. The van der Waals surface area contributed by atoms with Crippen molar-refractivity contribution in [3.8, 4) is 0 Å². The third-order valence-corrected chi connectivity index (χ3v) is 4.61. The summed E-state index contributed by atoms with van der Waals surface area (Å²) in [5.74, 6) is -1.50. The second kappa shape index (κ2) is 5.34. The molecular weight excluding hydrogens is 304 g/mol. The Hall–Kier alpha value is -0.970. The van der Waals surface area contributed by atoms with Gasteiger partial charge in [0, 0.05) is 24.0 Å². The van der Waals surface area contributed by atoms with Crippen LogP contribution in [-0.4, -0.2) is 28.7 Å². The molecule has 18 heavy (non-hydrogen) atoms. The molecule has 2 rings (SSSR count). The first kappa shape index (κ1) is 13.5. The van der Waals surface area contributed by atoms with Crippen LogP contribution in [0.3, 0.4) is 0 Å². The lowest BCUT2D eigenvalue weighted by atomic mass is 9.99. The van der Waals surface area contributed by atoms with E-state index < -0.39 is 11.6 Å². The fourth-order valence-corrected chi connectivity index (χ4v) is 2.51. The monoisotopic (exact) mass is 317 g/mol. The lowest BCUT2D eigenvalue weighted by molar-refractivity contribution is 0.0685. The molecular formula is C13H14BrF2NO. The van der Waals surface area contributed by atoms with Crippen LogP contribution in [0.4, 0.5) is 8.78 Å². The number of hydrogen-bond donors (Lipinski definition) is 0. The van der Waals surface area contributed by atoms with E-state index >= 15 is 0 Å². The van der Waals surface area contributed by atoms with E-state index in [9.17, 15) is 13.6 Å². The van der Waals surface area contributed by atoms with Crippen LogP contribution >= 0.6 is 15.9 Å². The van der Waals surface area contributed by atoms with Crippen molar-refractivity contribution in [3.63, 3.8) is 0 Å². The highest BCUT2D eigenvalue weighted by Gasteiger charge is 2.28. The van der Waals surface area contributed by atoms with Crippen LogP contribution in [0.5, 0.6) is 0 Å². The van der Waals surface area contributed by atoms with Crippen LogP contribution < -0.4 is 0 Å². The van der Waals surface area contributed by atoms with E-state index in [2.05, 4.69) is 15.9 Å².